The van der Waals surface area contributed by atoms with Gasteiger partial charge in [0.2, 0.25) is 5.91 Å². The van der Waals surface area contributed by atoms with Crippen molar-refractivity contribution < 1.29 is 9.90 Å². The van der Waals surface area contributed by atoms with Crippen LogP contribution in [0.15, 0.2) is 35.9 Å². The molecule has 3 aliphatic rings. The number of nitrogens with one attached hydrogen (secondary N) is 1. The molecule has 4 heteroatoms. The van der Waals surface area contributed by atoms with Gasteiger partial charge in [0.1, 0.15) is 0 Å². The molecule has 1 unspecified atom stereocenters. The number of rotatable bonds is 3. The lowest BCUT2D eigenvalue weighted by Crippen LogP contribution is -2.32. The van der Waals surface area contributed by atoms with Gasteiger partial charge in [0.05, 0.1) is 5.60 Å². The molecule has 5 rings (SSSR count). The summed E-state index contributed by atoms with van der Waals surface area (Å²) in [5.41, 5.74) is 16.1. The smallest absolute Gasteiger partial charge is 0.249 e. The molecule has 1 amide bonds. The first-order valence-corrected chi connectivity index (χ1v) is 11.1. The van der Waals surface area contributed by atoms with Crippen LogP contribution in [0, 0.1) is 5.92 Å². The number of hydrogen-bond acceptors (Lipinski definition) is 3. The molecule has 1 heterocycles. The van der Waals surface area contributed by atoms with Crippen molar-refractivity contribution in [3.63, 3.8) is 0 Å². The Morgan fingerprint density at radius 3 is 2.73 bits per heavy atom. The van der Waals surface area contributed by atoms with E-state index < -0.39 is 5.60 Å². The highest BCUT2D eigenvalue weighted by atomic mass is 16.3. The van der Waals surface area contributed by atoms with Crippen LogP contribution in [-0.2, 0) is 19.4 Å². The second-order valence-corrected chi connectivity index (χ2v) is 9.60. The Morgan fingerprint density at radius 2 is 1.97 bits per heavy atom. The van der Waals surface area contributed by atoms with Gasteiger partial charge in [-0.25, -0.2) is 0 Å². The first-order chi connectivity index (χ1) is 14.3. The molecular formula is C26H30N2O2. The Labute approximate surface area is 178 Å². The second-order valence-electron chi connectivity index (χ2n) is 9.60. The van der Waals surface area contributed by atoms with Crippen molar-refractivity contribution in [3.05, 3.63) is 63.7 Å². The lowest BCUT2D eigenvalue weighted by molar-refractivity contribution is 0.0123. The summed E-state index contributed by atoms with van der Waals surface area (Å²) in [5, 5.41) is 14.1. The molecule has 0 fully saturated rings. The highest BCUT2D eigenvalue weighted by molar-refractivity contribution is 6.00. The summed E-state index contributed by atoms with van der Waals surface area (Å²) in [7, 11) is 0. The summed E-state index contributed by atoms with van der Waals surface area (Å²) in [6.07, 6.45) is 4.61. The Hall–Kier alpha value is -2.43. The van der Waals surface area contributed by atoms with Gasteiger partial charge in [-0.05, 0) is 103 Å². The van der Waals surface area contributed by atoms with Crippen molar-refractivity contribution in [3.8, 4) is 11.1 Å². The van der Waals surface area contributed by atoms with Crippen LogP contribution >= 0.6 is 0 Å². The summed E-state index contributed by atoms with van der Waals surface area (Å²) >= 11 is 0. The number of benzene rings is 2. The van der Waals surface area contributed by atoms with Gasteiger partial charge < -0.3 is 16.2 Å². The Bertz CT molecular complexity index is 1080. The quantitative estimate of drug-likeness (QED) is 0.727. The summed E-state index contributed by atoms with van der Waals surface area (Å²) in [4.78, 5) is 12.2. The number of carbonyl (C=O) groups is 1. The van der Waals surface area contributed by atoms with Crippen molar-refractivity contribution >= 4 is 11.5 Å². The minimum Gasteiger partial charge on any atom is -0.390 e. The van der Waals surface area contributed by atoms with E-state index in [9.17, 15) is 9.90 Å². The lowest BCUT2D eigenvalue weighted by atomic mass is 9.75. The predicted molar refractivity (Wildman–Crippen MR) is 120 cm³/mol. The van der Waals surface area contributed by atoms with Crippen molar-refractivity contribution in [1.29, 1.82) is 0 Å². The fraction of sp³-hybridized carbons (Fsp3) is 0.423. The minimum atomic E-state index is -0.686. The van der Waals surface area contributed by atoms with E-state index in [0.717, 1.165) is 50.8 Å². The summed E-state index contributed by atoms with van der Waals surface area (Å²) in [5.74, 6) is -0.0995. The van der Waals surface area contributed by atoms with Crippen molar-refractivity contribution in [2.24, 2.45) is 11.7 Å². The lowest BCUT2D eigenvalue weighted by Gasteiger charge is -2.33. The number of amides is 1. The molecule has 0 aromatic heterocycles. The van der Waals surface area contributed by atoms with Crippen molar-refractivity contribution in [2.75, 3.05) is 6.54 Å². The third-order valence-corrected chi connectivity index (χ3v) is 7.36. The average molecular weight is 403 g/mol. The van der Waals surface area contributed by atoms with Gasteiger partial charge in [-0.3, -0.25) is 4.79 Å². The first-order valence-electron chi connectivity index (χ1n) is 11.1. The molecule has 2 aromatic rings. The fourth-order valence-electron chi connectivity index (χ4n) is 5.73. The van der Waals surface area contributed by atoms with Crippen molar-refractivity contribution in [2.45, 2.75) is 58.1 Å². The normalized spacial score (nSPS) is 20.6. The van der Waals surface area contributed by atoms with Gasteiger partial charge in [0.15, 0.2) is 0 Å². The van der Waals surface area contributed by atoms with E-state index in [1.807, 2.05) is 19.9 Å². The number of hydrogen-bond donors (Lipinski definition) is 3. The van der Waals surface area contributed by atoms with E-state index in [1.54, 1.807) is 0 Å². The minimum absolute atomic E-state index is 0.251. The third kappa shape index (κ3) is 3.10. The zero-order chi connectivity index (χ0) is 21.0. The topological polar surface area (TPSA) is 75.3 Å². The second kappa shape index (κ2) is 7.07. The third-order valence-electron chi connectivity index (χ3n) is 7.36. The van der Waals surface area contributed by atoms with E-state index in [-0.39, 0.29) is 11.8 Å². The highest BCUT2D eigenvalue weighted by Gasteiger charge is 2.37. The molecule has 0 radical (unpaired) electrons. The summed E-state index contributed by atoms with van der Waals surface area (Å²) in [6.45, 7) is 5.73. The van der Waals surface area contributed by atoms with E-state index in [4.69, 9.17) is 5.73 Å². The van der Waals surface area contributed by atoms with Crippen LogP contribution in [-0.4, -0.2) is 23.2 Å². The molecule has 4 N–H and O–H groups in total. The molecule has 2 aliphatic carbocycles. The zero-order valence-corrected chi connectivity index (χ0v) is 17.8. The molecule has 0 saturated heterocycles. The Kier molecular flexibility index (Phi) is 4.60. The van der Waals surface area contributed by atoms with Gasteiger partial charge in [0.25, 0.3) is 0 Å². The number of aliphatic hydroxyl groups is 1. The van der Waals surface area contributed by atoms with Gasteiger partial charge >= 0.3 is 0 Å². The maximum absolute atomic E-state index is 12.2. The van der Waals surface area contributed by atoms with Crippen LogP contribution in [0.4, 0.5) is 0 Å². The number of fused-ring (bicyclic) bond motifs is 3. The average Bonchev–Trinajstić information content (AvgIpc) is 3.10. The Balaban J connectivity index is 1.68. The standard InChI is InChI=1S/C26H30N2O2/c1-26(2,30)17-6-7-19-16(12-17)13-23-22(25(27)29)9-8-21(24(19)23)20-5-3-4-15-14-28-11-10-18(15)20/h3-5,8-9,17,28,30H,6-7,10-14H2,1-2H3,(H2,27,29). The molecule has 1 atom stereocenters. The SMILES string of the molecule is CC(C)(O)C1CCC2=C(Cc3c(C(N)=O)ccc(-c4cccc5c4CCNC5)c32)C1. The van der Waals surface area contributed by atoms with Crippen LogP contribution in [0.1, 0.15) is 65.7 Å². The van der Waals surface area contributed by atoms with Crippen LogP contribution in [0.5, 0.6) is 0 Å². The van der Waals surface area contributed by atoms with Crippen LogP contribution in [0.3, 0.4) is 0 Å². The first kappa shape index (κ1) is 19.5. The van der Waals surface area contributed by atoms with Gasteiger partial charge in [0, 0.05) is 12.1 Å². The van der Waals surface area contributed by atoms with E-state index in [2.05, 4.69) is 29.6 Å². The molecule has 0 spiro atoms. The number of nitrogens with two attached hydrogens (primary N) is 1. The Morgan fingerprint density at radius 1 is 1.13 bits per heavy atom. The maximum Gasteiger partial charge on any atom is 0.249 e. The monoisotopic (exact) mass is 402 g/mol. The predicted octanol–water partition coefficient (Wildman–Crippen LogP) is 3.98. The van der Waals surface area contributed by atoms with E-state index in [0.29, 0.717) is 5.56 Å². The van der Waals surface area contributed by atoms with Gasteiger partial charge in [-0.1, -0.05) is 29.8 Å². The van der Waals surface area contributed by atoms with E-state index >= 15 is 0 Å². The highest BCUT2D eigenvalue weighted by Crippen LogP contribution is 2.50. The van der Waals surface area contributed by atoms with Crippen LogP contribution in [0.25, 0.3) is 16.7 Å². The molecule has 0 bridgehead atoms. The molecular weight excluding hydrogens is 372 g/mol. The fourth-order valence-corrected chi connectivity index (χ4v) is 5.73. The molecule has 0 saturated carbocycles. The summed E-state index contributed by atoms with van der Waals surface area (Å²) < 4.78 is 0. The van der Waals surface area contributed by atoms with Gasteiger partial charge in [-0.15, -0.1) is 0 Å². The number of allylic oxidation sites excluding steroid dienone is 2. The van der Waals surface area contributed by atoms with Gasteiger partial charge in [-0.2, -0.15) is 0 Å². The van der Waals surface area contributed by atoms with Crippen LogP contribution in [0.2, 0.25) is 0 Å². The molecule has 2 aromatic carbocycles. The van der Waals surface area contributed by atoms with Crippen molar-refractivity contribution in [1.82, 2.24) is 5.32 Å². The summed E-state index contributed by atoms with van der Waals surface area (Å²) in [6, 6.07) is 10.6. The van der Waals surface area contributed by atoms with Crippen LogP contribution < -0.4 is 11.1 Å². The molecule has 156 valence electrons. The number of carbonyl (C=O) groups excluding carboxylic acids is 1. The molecule has 4 nitrogen and oxygen atoms in total. The molecule has 30 heavy (non-hydrogen) atoms. The largest absolute Gasteiger partial charge is 0.390 e. The van der Waals surface area contributed by atoms with E-state index in [1.165, 1.54) is 39.0 Å². The molecule has 1 aliphatic heterocycles. The maximum atomic E-state index is 12.2. The zero-order valence-electron chi connectivity index (χ0n) is 17.8. The number of primary amides is 1.